The Balaban J connectivity index is 1.67. The van der Waals surface area contributed by atoms with E-state index in [1.54, 1.807) is 11.4 Å². The van der Waals surface area contributed by atoms with Crippen LogP contribution in [0.3, 0.4) is 0 Å². The zero-order valence-electron chi connectivity index (χ0n) is 13.4. The number of fused-ring (bicyclic) bond motifs is 1. The van der Waals surface area contributed by atoms with Gasteiger partial charge in [0.05, 0.1) is 19.3 Å². The van der Waals surface area contributed by atoms with E-state index in [1.165, 1.54) is 18.4 Å². The number of thiophene rings is 1. The SMILES string of the molecule is COC(=O)c1sccc1NC(=O)CN1CCc2c([nH]c(=O)[nH]c2=O)C1. The van der Waals surface area contributed by atoms with Crippen LogP contribution in [-0.2, 0) is 22.5 Å². The molecule has 1 aliphatic rings. The molecule has 1 aliphatic heterocycles. The fourth-order valence-electron chi connectivity index (χ4n) is 2.72. The van der Waals surface area contributed by atoms with Crippen LogP contribution in [0, 0.1) is 0 Å². The van der Waals surface area contributed by atoms with Crippen LogP contribution >= 0.6 is 11.3 Å². The number of carbonyl (C=O) groups is 2. The van der Waals surface area contributed by atoms with Crippen molar-refractivity contribution in [3.05, 3.63) is 48.4 Å². The molecule has 3 rings (SSSR count). The second-order valence-electron chi connectivity index (χ2n) is 5.53. The topological polar surface area (TPSA) is 124 Å². The molecule has 0 radical (unpaired) electrons. The molecule has 3 N–H and O–H groups in total. The Kier molecular flexibility index (Phi) is 4.81. The molecular formula is C15H16N4O5S. The first-order valence-corrected chi connectivity index (χ1v) is 8.38. The van der Waals surface area contributed by atoms with Crippen LogP contribution < -0.4 is 16.6 Å². The second kappa shape index (κ2) is 7.03. The molecule has 2 aromatic heterocycles. The van der Waals surface area contributed by atoms with Crippen LogP contribution in [0.4, 0.5) is 5.69 Å². The summed E-state index contributed by atoms with van der Waals surface area (Å²) in [5, 5.41) is 4.38. The van der Waals surface area contributed by atoms with Crippen molar-refractivity contribution in [2.75, 3.05) is 25.5 Å². The first-order valence-electron chi connectivity index (χ1n) is 7.50. The number of nitrogens with one attached hydrogen (secondary N) is 3. The van der Waals surface area contributed by atoms with Crippen molar-refractivity contribution in [3.63, 3.8) is 0 Å². The molecule has 132 valence electrons. The lowest BCUT2D eigenvalue weighted by atomic mass is 10.1. The quantitative estimate of drug-likeness (QED) is 0.651. The number of carbonyl (C=O) groups excluding carboxylic acids is 2. The zero-order chi connectivity index (χ0) is 18.0. The molecule has 3 heterocycles. The van der Waals surface area contributed by atoms with Gasteiger partial charge in [-0.3, -0.25) is 19.5 Å². The molecule has 10 heteroatoms. The summed E-state index contributed by atoms with van der Waals surface area (Å²) in [4.78, 5) is 53.9. The highest BCUT2D eigenvalue weighted by Gasteiger charge is 2.22. The molecule has 0 saturated carbocycles. The number of amides is 1. The molecule has 0 aromatic carbocycles. The van der Waals surface area contributed by atoms with Gasteiger partial charge in [0.15, 0.2) is 0 Å². The van der Waals surface area contributed by atoms with E-state index in [2.05, 4.69) is 20.0 Å². The molecule has 2 aromatic rings. The maximum Gasteiger partial charge on any atom is 0.350 e. The number of aromatic nitrogens is 2. The van der Waals surface area contributed by atoms with E-state index in [0.29, 0.717) is 41.3 Å². The first-order chi connectivity index (χ1) is 12.0. The standard InChI is InChI=1S/C15H16N4O5S/c1-24-14(22)12-9(3-5-25-12)16-11(20)7-19-4-2-8-10(6-19)17-15(23)18-13(8)21/h3,5H,2,4,6-7H2,1H3,(H,16,20)(H2,17,18,21,23). The number of ether oxygens (including phenoxy) is 1. The molecule has 0 spiro atoms. The van der Waals surface area contributed by atoms with Crippen LogP contribution in [0.25, 0.3) is 0 Å². The average molecular weight is 364 g/mol. The third kappa shape index (κ3) is 3.69. The van der Waals surface area contributed by atoms with Crippen LogP contribution in [0.2, 0.25) is 0 Å². The maximum atomic E-state index is 12.2. The fraction of sp³-hybridized carbons (Fsp3) is 0.333. The molecule has 25 heavy (non-hydrogen) atoms. The molecule has 0 atom stereocenters. The summed E-state index contributed by atoms with van der Waals surface area (Å²) in [5.74, 6) is -0.798. The predicted octanol–water partition coefficient (Wildman–Crippen LogP) is -0.0919. The lowest BCUT2D eigenvalue weighted by Crippen LogP contribution is -2.41. The van der Waals surface area contributed by atoms with Crippen molar-refractivity contribution in [2.45, 2.75) is 13.0 Å². The van der Waals surface area contributed by atoms with Gasteiger partial charge in [0.1, 0.15) is 4.88 Å². The van der Waals surface area contributed by atoms with E-state index in [9.17, 15) is 19.2 Å². The minimum atomic E-state index is -0.559. The summed E-state index contributed by atoms with van der Waals surface area (Å²) in [5.41, 5.74) is 0.532. The van der Waals surface area contributed by atoms with Gasteiger partial charge in [0.2, 0.25) is 5.91 Å². The number of rotatable bonds is 4. The number of anilines is 1. The van der Waals surface area contributed by atoms with Gasteiger partial charge < -0.3 is 15.0 Å². The van der Waals surface area contributed by atoms with E-state index in [1.807, 2.05) is 4.90 Å². The molecule has 0 unspecified atom stereocenters. The first kappa shape index (κ1) is 17.1. The summed E-state index contributed by atoms with van der Waals surface area (Å²) in [6.45, 7) is 0.892. The Morgan fingerprint density at radius 3 is 2.92 bits per heavy atom. The summed E-state index contributed by atoms with van der Waals surface area (Å²) in [6.07, 6.45) is 0.445. The summed E-state index contributed by atoms with van der Waals surface area (Å²) in [7, 11) is 1.28. The number of aromatic amines is 2. The van der Waals surface area contributed by atoms with Crippen molar-refractivity contribution in [3.8, 4) is 0 Å². The van der Waals surface area contributed by atoms with E-state index >= 15 is 0 Å². The third-order valence-electron chi connectivity index (χ3n) is 3.87. The highest BCUT2D eigenvalue weighted by Crippen LogP contribution is 2.23. The van der Waals surface area contributed by atoms with Crippen molar-refractivity contribution in [1.82, 2.24) is 14.9 Å². The third-order valence-corrected chi connectivity index (χ3v) is 4.76. The molecule has 9 nitrogen and oxygen atoms in total. The van der Waals surface area contributed by atoms with Crippen LogP contribution in [0.1, 0.15) is 20.9 Å². The van der Waals surface area contributed by atoms with E-state index in [0.717, 1.165) is 0 Å². The number of methoxy groups -OCH3 is 1. The van der Waals surface area contributed by atoms with Crippen molar-refractivity contribution in [1.29, 1.82) is 0 Å². The Hall–Kier alpha value is -2.72. The van der Waals surface area contributed by atoms with Gasteiger partial charge >= 0.3 is 11.7 Å². The summed E-state index contributed by atoms with van der Waals surface area (Å²) in [6, 6.07) is 1.64. The van der Waals surface area contributed by atoms with E-state index in [4.69, 9.17) is 0 Å². The van der Waals surface area contributed by atoms with Crippen molar-refractivity contribution in [2.24, 2.45) is 0 Å². The lowest BCUT2D eigenvalue weighted by Gasteiger charge is -2.26. The monoisotopic (exact) mass is 364 g/mol. The smallest absolute Gasteiger partial charge is 0.350 e. The largest absolute Gasteiger partial charge is 0.465 e. The van der Waals surface area contributed by atoms with Crippen LogP contribution in [0.5, 0.6) is 0 Å². The van der Waals surface area contributed by atoms with Crippen molar-refractivity contribution >= 4 is 28.9 Å². The number of H-pyrrole nitrogens is 2. The number of hydrogen-bond donors (Lipinski definition) is 3. The van der Waals surface area contributed by atoms with Gasteiger partial charge in [-0.15, -0.1) is 11.3 Å². The van der Waals surface area contributed by atoms with E-state index in [-0.39, 0.29) is 18.0 Å². The number of esters is 1. The predicted molar refractivity (Wildman–Crippen MR) is 91.0 cm³/mol. The normalized spacial score (nSPS) is 14.0. The summed E-state index contributed by atoms with van der Waals surface area (Å²) >= 11 is 1.18. The minimum absolute atomic E-state index is 0.0741. The van der Waals surface area contributed by atoms with Gasteiger partial charge in [0, 0.05) is 24.3 Å². The highest BCUT2D eigenvalue weighted by molar-refractivity contribution is 7.12. The van der Waals surface area contributed by atoms with Gasteiger partial charge in [-0.05, 0) is 17.9 Å². The van der Waals surface area contributed by atoms with Gasteiger partial charge in [0.25, 0.3) is 5.56 Å². The van der Waals surface area contributed by atoms with Gasteiger partial charge in [-0.2, -0.15) is 0 Å². The van der Waals surface area contributed by atoms with E-state index < -0.39 is 11.7 Å². The minimum Gasteiger partial charge on any atom is -0.465 e. The molecule has 0 saturated heterocycles. The van der Waals surface area contributed by atoms with Gasteiger partial charge in [-0.1, -0.05) is 0 Å². The second-order valence-corrected chi connectivity index (χ2v) is 6.45. The lowest BCUT2D eigenvalue weighted by molar-refractivity contribution is -0.117. The average Bonchev–Trinajstić information content (AvgIpc) is 3.01. The molecule has 1 amide bonds. The van der Waals surface area contributed by atoms with Crippen molar-refractivity contribution < 1.29 is 14.3 Å². The highest BCUT2D eigenvalue weighted by atomic mass is 32.1. The Bertz CT molecular complexity index is 928. The van der Waals surface area contributed by atoms with Crippen LogP contribution in [0.15, 0.2) is 21.0 Å². The number of nitrogens with zero attached hydrogens (tertiary/aromatic N) is 1. The fourth-order valence-corrected chi connectivity index (χ4v) is 3.48. The van der Waals surface area contributed by atoms with Crippen LogP contribution in [-0.4, -0.2) is 46.9 Å². The maximum absolute atomic E-state index is 12.2. The molecule has 0 fully saturated rings. The Labute approximate surface area is 145 Å². The Morgan fingerprint density at radius 1 is 1.36 bits per heavy atom. The zero-order valence-corrected chi connectivity index (χ0v) is 14.2. The number of hydrogen-bond acceptors (Lipinski definition) is 7. The summed E-state index contributed by atoms with van der Waals surface area (Å²) < 4.78 is 4.67. The molecule has 0 aliphatic carbocycles. The molecule has 0 bridgehead atoms. The molecular weight excluding hydrogens is 348 g/mol. The van der Waals surface area contributed by atoms with Gasteiger partial charge in [-0.25, -0.2) is 9.59 Å². The Morgan fingerprint density at radius 2 is 2.16 bits per heavy atom.